The molecule has 0 radical (unpaired) electrons. The van der Waals surface area contributed by atoms with Gasteiger partial charge in [0.15, 0.2) is 0 Å². The zero-order valence-electron chi connectivity index (χ0n) is 10.0. The summed E-state index contributed by atoms with van der Waals surface area (Å²) in [7, 11) is 0. The summed E-state index contributed by atoms with van der Waals surface area (Å²) >= 11 is 1.54. The standard InChI is InChI=1S/C11H17N3O2S/c1-7-5-17-9(13-7)8(2)14-10(15)11(12)3-4-16-6-11/h5,8H,3-4,6,12H2,1-2H3,(H,14,15). The molecule has 3 N–H and O–H groups in total. The van der Waals surface area contributed by atoms with E-state index in [4.69, 9.17) is 10.5 Å². The topological polar surface area (TPSA) is 77.2 Å². The fraction of sp³-hybridized carbons (Fsp3) is 0.636. The largest absolute Gasteiger partial charge is 0.379 e. The Balaban J connectivity index is 1.99. The molecule has 5 nitrogen and oxygen atoms in total. The van der Waals surface area contributed by atoms with E-state index in [0.717, 1.165) is 10.7 Å². The number of nitrogens with zero attached hydrogens (tertiary/aromatic N) is 1. The third kappa shape index (κ3) is 2.65. The van der Waals surface area contributed by atoms with E-state index in [2.05, 4.69) is 10.3 Å². The number of aryl methyl sites for hydroxylation is 1. The molecule has 1 aromatic heterocycles. The molecule has 0 saturated carbocycles. The summed E-state index contributed by atoms with van der Waals surface area (Å²) in [6.45, 7) is 4.69. The molecule has 94 valence electrons. The zero-order valence-corrected chi connectivity index (χ0v) is 10.8. The smallest absolute Gasteiger partial charge is 0.243 e. The number of amides is 1. The molecule has 17 heavy (non-hydrogen) atoms. The highest BCUT2D eigenvalue weighted by molar-refractivity contribution is 7.09. The first-order valence-electron chi connectivity index (χ1n) is 5.61. The number of rotatable bonds is 3. The Morgan fingerprint density at radius 3 is 3.06 bits per heavy atom. The normalized spacial score (nSPS) is 25.8. The van der Waals surface area contributed by atoms with Gasteiger partial charge in [-0.1, -0.05) is 0 Å². The monoisotopic (exact) mass is 255 g/mol. The van der Waals surface area contributed by atoms with Gasteiger partial charge in [0, 0.05) is 17.7 Å². The molecular weight excluding hydrogens is 238 g/mol. The molecule has 0 aromatic carbocycles. The minimum absolute atomic E-state index is 0.109. The van der Waals surface area contributed by atoms with Crippen molar-refractivity contribution in [3.8, 4) is 0 Å². The summed E-state index contributed by atoms with van der Waals surface area (Å²) < 4.78 is 5.17. The fourth-order valence-corrected chi connectivity index (χ4v) is 2.54. The van der Waals surface area contributed by atoms with Gasteiger partial charge in [-0.15, -0.1) is 11.3 Å². The van der Waals surface area contributed by atoms with Crippen molar-refractivity contribution in [3.05, 3.63) is 16.1 Å². The fourth-order valence-electron chi connectivity index (χ4n) is 1.73. The zero-order chi connectivity index (χ0) is 12.5. The van der Waals surface area contributed by atoms with Gasteiger partial charge in [-0.25, -0.2) is 4.98 Å². The lowest BCUT2D eigenvalue weighted by Crippen LogP contribution is -2.54. The number of hydrogen-bond acceptors (Lipinski definition) is 5. The molecule has 0 aliphatic carbocycles. The van der Waals surface area contributed by atoms with Gasteiger partial charge in [-0.05, 0) is 20.3 Å². The van der Waals surface area contributed by atoms with E-state index in [9.17, 15) is 4.79 Å². The van der Waals surface area contributed by atoms with E-state index >= 15 is 0 Å². The van der Waals surface area contributed by atoms with Gasteiger partial charge in [0.05, 0.1) is 12.6 Å². The van der Waals surface area contributed by atoms with Crippen molar-refractivity contribution in [1.82, 2.24) is 10.3 Å². The average Bonchev–Trinajstić information content (AvgIpc) is 2.88. The maximum absolute atomic E-state index is 12.0. The summed E-state index contributed by atoms with van der Waals surface area (Å²) in [5, 5.41) is 5.76. The second kappa shape index (κ2) is 4.72. The van der Waals surface area contributed by atoms with E-state index in [1.54, 1.807) is 11.3 Å². The highest BCUT2D eigenvalue weighted by Crippen LogP contribution is 2.20. The molecule has 1 amide bonds. The highest BCUT2D eigenvalue weighted by atomic mass is 32.1. The van der Waals surface area contributed by atoms with Gasteiger partial charge in [0.2, 0.25) is 5.91 Å². The minimum atomic E-state index is -0.874. The number of aromatic nitrogens is 1. The van der Waals surface area contributed by atoms with Gasteiger partial charge in [0.1, 0.15) is 10.5 Å². The Kier molecular flexibility index (Phi) is 3.46. The van der Waals surface area contributed by atoms with Crippen LogP contribution < -0.4 is 11.1 Å². The summed E-state index contributed by atoms with van der Waals surface area (Å²) in [5.74, 6) is -0.157. The lowest BCUT2D eigenvalue weighted by Gasteiger charge is -2.22. The first kappa shape index (κ1) is 12.5. The van der Waals surface area contributed by atoms with Crippen molar-refractivity contribution in [2.75, 3.05) is 13.2 Å². The van der Waals surface area contributed by atoms with Gasteiger partial charge in [0.25, 0.3) is 0 Å². The van der Waals surface area contributed by atoms with E-state index < -0.39 is 5.54 Å². The van der Waals surface area contributed by atoms with Crippen molar-refractivity contribution < 1.29 is 9.53 Å². The molecule has 1 aliphatic rings. The van der Waals surface area contributed by atoms with Crippen LogP contribution in [0.4, 0.5) is 0 Å². The van der Waals surface area contributed by atoms with Crippen LogP contribution in [0.5, 0.6) is 0 Å². The van der Waals surface area contributed by atoms with Gasteiger partial charge in [-0.2, -0.15) is 0 Å². The number of carbonyl (C=O) groups is 1. The maximum Gasteiger partial charge on any atom is 0.243 e. The molecule has 1 aliphatic heterocycles. The maximum atomic E-state index is 12.0. The Morgan fingerprint density at radius 1 is 1.76 bits per heavy atom. The molecule has 2 heterocycles. The Bertz CT molecular complexity index is 413. The Labute approximate surface area is 104 Å². The predicted octanol–water partition coefficient (Wildman–Crippen LogP) is 0.747. The van der Waals surface area contributed by atoms with Crippen LogP contribution in [0.1, 0.15) is 30.1 Å². The lowest BCUT2D eigenvalue weighted by molar-refractivity contribution is -0.127. The molecule has 1 saturated heterocycles. The van der Waals surface area contributed by atoms with E-state index in [1.165, 1.54) is 0 Å². The van der Waals surface area contributed by atoms with Gasteiger partial charge < -0.3 is 15.8 Å². The predicted molar refractivity (Wildman–Crippen MR) is 65.8 cm³/mol. The van der Waals surface area contributed by atoms with Crippen LogP contribution >= 0.6 is 11.3 Å². The van der Waals surface area contributed by atoms with E-state index in [1.807, 2.05) is 19.2 Å². The molecule has 6 heteroatoms. The first-order valence-corrected chi connectivity index (χ1v) is 6.49. The second-order valence-electron chi connectivity index (χ2n) is 4.48. The summed E-state index contributed by atoms with van der Waals surface area (Å²) in [6, 6.07) is -0.109. The minimum Gasteiger partial charge on any atom is -0.379 e. The quantitative estimate of drug-likeness (QED) is 0.835. The van der Waals surface area contributed by atoms with Crippen molar-refractivity contribution in [2.24, 2.45) is 5.73 Å². The molecule has 2 atom stereocenters. The molecule has 0 spiro atoms. The van der Waals surface area contributed by atoms with E-state index in [-0.39, 0.29) is 11.9 Å². The molecule has 0 bridgehead atoms. The molecule has 2 unspecified atom stereocenters. The summed E-state index contributed by atoms with van der Waals surface area (Å²) in [5.41, 5.74) is 6.08. The molecule has 1 fully saturated rings. The van der Waals surface area contributed by atoms with Gasteiger partial charge in [-0.3, -0.25) is 4.79 Å². The molecule has 1 aromatic rings. The van der Waals surface area contributed by atoms with Gasteiger partial charge >= 0.3 is 0 Å². The first-order chi connectivity index (χ1) is 8.01. The van der Waals surface area contributed by atoms with Crippen LogP contribution in [0, 0.1) is 6.92 Å². The summed E-state index contributed by atoms with van der Waals surface area (Å²) in [4.78, 5) is 16.4. The van der Waals surface area contributed by atoms with Crippen molar-refractivity contribution in [1.29, 1.82) is 0 Å². The number of nitrogens with one attached hydrogen (secondary N) is 1. The van der Waals surface area contributed by atoms with Crippen molar-refractivity contribution in [2.45, 2.75) is 31.8 Å². The van der Waals surface area contributed by atoms with Crippen molar-refractivity contribution in [3.63, 3.8) is 0 Å². The molecular formula is C11H17N3O2S. The Morgan fingerprint density at radius 2 is 2.53 bits per heavy atom. The Hall–Kier alpha value is -0.980. The van der Waals surface area contributed by atoms with Crippen LogP contribution in [0.3, 0.4) is 0 Å². The van der Waals surface area contributed by atoms with Crippen molar-refractivity contribution >= 4 is 17.2 Å². The number of ether oxygens (including phenoxy) is 1. The van der Waals surface area contributed by atoms with Crippen LogP contribution in [-0.4, -0.2) is 29.6 Å². The SMILES string of the molecule is Cc1csc(C(C)NC(=O)C2(N)CCOC2)n1. The second-order valence-corrected chi connectivity index (χ2v) is 5.37. The number of hydrogen-bond donors (Lipinski definition) is 2. The molecule has 2 rings (SSSR count). The lowest BCUT2D eigenvalue weighted by atomic mass is 9.99. The number of nitrogens with two attached hydrogens (primary N) is 1. The van der Waals surface area contributed by atoms with E-state index in [0.29, 0.717) is 19.6 Å². The third-order valence-corrected chi connectivity index (χ3v) is 4.00. The third-order valence-electron chi connectivity index (χ3n) is 2.86. The van der Waals surface area contributed by atoms with Crippen LogP contribution in [0.15, 0.2) is 5.38 Å². The highest BCUT2D eigenvalue weighted by Gasteiger charge is 2.38. The van der Waals surface area contributed by atoms with Crippen LogP contribution in [0.25, 0.3) is 0 Å². The number of carbonyl (C=O) groups excluding carboxylic acids is 1. The number of thiazole rings is 1. The summed E-state index contributed by atoms with van der Waals surface area (Å²) in [6.07, 6.45) is 0.572. The van der Waals surface area contributed by atoms with Crippen LogP contribution in [0.2, 0.25) is 0 Å². The van der Waals surface area contributed by atoms with Crippen LogP contribution in [-0.2, 0) is 9.53 Å². The average molecular weight is 255 g/mol.